The van der Waals surface area contributed by atoms with E-state index in [1.165, 1.54) is 36.4 Å². The summed E-state index contributed by atoms with van der Waals surface area (Å²) in [5.74, 6) is 0.0917. The number of alkyl halides is 3. The maximum atomic E-state index is 12.8. The van der Waals surface area contributed by atoms with Crippen LogP contribution in [-0.2, 0) is 6.18 Å². The fourth-order valence-electron chi connectivity index (χ4n) is 2.51. The van der Waals surface area contributed by atoms with Gasteiger partial charge in [0, 0.05) is 27.7 Å². The van der Waals surface area contributed by atoms with Gasteiger partial charge in [-0.25, -0.2) is 0 Å². The topological polar surface area (TPSA) is 73.3 Å². The first-order valence-corrected chi connectivity index (χ1v) is 8.88. The summed E-state index contributed by atoms with van der Waals surface area (Å²) < 4.78 is 44.3. The van der Waals surface area contributed by atoms with Crippen LogP contribution in [-0.4, -0.2) is 10.7 Å². The van der Waals surface area contributed by atoms with Crippen LogP contribution in [0.5, 0.6) is 0 Å². The van der Waals surface area contributed by atoms with E-state index in [-0.39, 0.29) is 11.3 Å². The van der Waals surface area contributed by atoms with Crippen molar-refractivity contribution in [3.05, 3.63) is 92.1 Å². The molecular formula is C20H11BrF3NO4. The van der Waals surface area contributed by atoms with E-state index in [1.807, 2.05) is 0 Å². The molecule has 0 atom stereocenters. The molecule has 0 amide bonds. The van der Waals surface area contributed by atoms with Crippen molar-refractivity contribution in [1.29, 1.82) is 0 Å². The Bertz CT molecular complexity index is 1120. The third kappa shape index (κ3) is 4.80. The van der Waals surface area contributed by atoms with Gasteiger partial charge in [0.1, 0.15) is 11.5 Å². The molecule has 0 aliphatic carbocycles. The molecule has 0 saturated heterocycles. The molecule has 5 nitrogen and oxygen atoms in total. The molecule has 148 valence electrons. The molecule has 9 heteroatoms. The number of ketones is 1. The van der Waals surface area contributed by atoms with Gasteiger partial charge >= 0.3 is 6.18 Å². The highest BCUT2D eigenvalue weighted by atomic mass is 79.9. The Hall–Kier alpha value is -3.20. The lowest BCUT2D eigenvalue weighted by Gasteiger charge is -2.06. The lowest BCUT2D eigenvalue weighted by Crippen LogP contribution is -2.06. The summed E-state index contributed by atoms with van der Waals surface area (Å²) in [5.41, 5.74) is -0.514. The van der Waals surface area contributed by atoms with Gasteiger partial charge in [-0.15, -0.1) is 0 Å². The first kappa shape index (κ1) is 20.5. The van der Waals surface area contributed by atoms with Crippen molar-refractivity contribution in [3.63, 3.8) is 0 Å². The molecule has 0 fully saturated rings. The maximum absolute atomic E-state index is 12.8. The maximum Gasteiger partial charge on any atom is 0.416 e. The highest BCUT2D eigenvalue weighted by Gasteiger charge is 2.30. The Kier molecular flexibility index (Phi) is 5.69. The molecule has 0 spiro atoms. The van der Waals surface area contributed by atoms with Gasteiger partial charge in [-0.05, 0) is 58.4 Å². The van der Waals surface area contributed by atoms with Gasteiger partial charge in [0.2, 0.25) is 0 Å². The van der Waals surface area contributed by atoms with Crippen molar-refractivity contribution < 1.29 is 27.3 Å². The van der Waals surface area contributed by atoms with E-state index in [9.17, 15) is 28.1 Å². The third-order valence-electron chi connectivity index (χ3n) is 3.93. The molecule has 1 heterocycles. The molecule has 2 aromatic carbocycles. The van der Waals surface area contributed by atoms with Crippen LogP contribution in [0, 0.1) is 10.1 Å². The van der Waals surface area contributed by atoms with Gasteiger partial charge in [0.25, 0.3) is 5.69 Å². The molecular weight excluding hydrogens is 455 g/mol. The fourth-order valence-corrected chi connectivity index (χ4v) is 3.07. The zero-order valence-corrected chi connectivity index (χ0v) is 16.0. The lowest BCUT2D eigenvalue weighted by molar-refractivity contribution is -0.384. The average molecular weight is 466 g/mol. The van der Waals surface area contributed by atoms with E-state index in [1.54, 1.807) is 12.1 Å². The van der Waals surface area contributed by atoms with Crippen molar-refractivity contribution >= 4 is 33.5 Å². The lowest BCUT2D eigenvalue weighted by atomic mass is 10.1. The average Bonchev–Trinajstić information content (AvgIpc) is 3.14. The van der Waals surface area contributed by atoms with Crippen LogP contribution in [0.25, 0.3) is 17.4 Å². The Labute approximate surface area is 170 Å². The van der Waals surface area contributed by atoms with Gasteiger partial charge in [-0.2, -0.15) is 13.2 Å². The fraction of sp³-hybridized carbons (Fsp3) is 0.0500. The quantitative estimate of drug-likeness (QED) is 0.186. The van der Waals surface area contributed by atoms with Gasteiger partial charge in [0.05, 0.1) is 10.5 Å². The molecule has 0 radical (unpaired) electrons. The molecule has 0 N–H and O–H groups in total. The van der Waals surface area contributed by atoms with Crippen molar-refractivity contribution in [1.82, 2.24) is 0 Å². The first-order valence-electron chi connectivity index (χ1n) is 8.09. The molecule has 3 aromatic rings. The number of carbonyl (C=O) groups excluding carboxylic acids is 1. The summed E-state index contributed by atoms with van der Waals surface area (Å²) in [6.45, 7) is 0. The number of hydrogen-bond donors (Lipinski definition) is 0. The number of benzene rings is 2. The smallest absolute Gasteiger partial charge is 0.416 e. The summed E-state index contributed by atoms with van der Waals surface area (Å²) >= 11 is 3.25. The second-order valence-corrected chi connectivity index (χ2v) is 6.75. The predicted molar refractivity (Wildman–Crippen MR) is 103 cm³/mol. The van der Waals surface area contributed by atoms with Crippen molar-refractivity contribution in [3.8, 4) is 11.3 Å². The highest BCUT2D eigenvalue weighted by Crippen LogP contribution is 2.33. The predicted octanol–water partition coefficient (Wildman–Crippen LogP) is 6.53. The van der Waals surface area contributed by atoms with Crippen molar-refractivity contribution in [2.24, 2.45) is 0 Å². The second kappa shape index (κ2) is 8.04. The summed E-state index contributed by atoms with van der Waals surface area (Å²) in [6.07, 6.45) is -2.08. The van der Waals surface area contributed by atoms with Crippen LogP contribution in [0.15, 0.2) is 69.6 Å². The summed E-state index contributed by atoms with van der Waals surface area (Å²) in [6, 6.07) is 11.5. The van der Waals surface area contributed by atoms with E-state index in [0.29, 0.717) is 21.6 Å². The highest BCUT2D eigenvalue weighted by molar-refractivity contribution is 9.10. The summed E-state index contributed by atoms with van der Waals surface area (Å²) in [4.78, 5) is 22.4. The number of nitro groups is 1. The molecule has 0 bridgehead atoms. The second-order valence-electron chi connectivity index (χ2n) is 5.90. The molecule has 0 aliphatic heterocycles. The summed E-state index contributed by atoms with van der Waals surface area (Å²) in [7, 11) is 0. The van der Waals surface area contributed by atoms with Gasteiger partial charge in [0.15, 0.2) is 5.78 Å². The Morgan fingerprint density at radius 3 is 2.52 bits per heavy atom. The minimum atomic E-state index is -4.53. The number of hydrogen-bond acceptors (Lipinski definition) is 4. The molecule has 1 aromatic heterocycles. The standard InChI is InChI=1S/C20H11BrF3NO4/c21-17-11-14(25(27)28)4-7-16(17)19-9-6-15(29-19)5-8-18(26)12-2-1-3-13(10-12)20(22,23)24/h1-11H. The summed E-state index contributed by atoms with van der Waals surface area (Å²) in [5, 5.41) is 10.8. The molecule has 0 saturated carbocycles. The van der Waals surface area contributed by atoms with E-state index in [2.05, 4.69) is 15.9 Å². The van der Waals surface area contributed by atoms with E-state index in [0.717, 1.165) is 18.2 Å². The Morgan fingerprint density at radius 1 is 1.10 bits per heavy atom. The van der Waals surface area contributed by atoms with Gasteiger partial charge in [-0.3, -0.25) is 14.9 Å². The van der Waals surface area contributed by atoms with E-state index in [4.69, 9.17) is 4.42 Å². The molecule has 3 rings (SSSR count). The Balaban J connectivity index is 1.79. The third-order valence-corrected chi connectivity index (χ3v) is 4.59. The number of nitrogens with zero attached hydrogens (tertiary/aromatic N) is 1. The molecule has 29 heavy (non-hydrogen) atoms. The SMILES string of the molecule is O=C(C=Cc1ccc(-c2ccc([N+](=O)[O-])cc2Br)o1)c1cccc(C(F)(F)F)c1. The zero-order chi connectivity index (χ0) is 21.2. The number of nitro benzene ring substituents is 1. The van der Waals surface area contributed by atoms with Gasteiger partial charge in [-0.1, -0.05) is 12.1 Å². The van der Waals surface area contributed by atoms with Crippen LogP contribution in [0.1, 0.15) is 21.7 Å². The number of non-ortho nitro benzene ring substituents is 1. The normalized spacial score (nSPS) is 11.7. The monoisotopic (exact) mass is 465 g/mol. The Morgan fingerprint density at radius 2 is 1.86 bits per heavy atom. The van der Waals surface area contributed by atoms with Crippen molar-refractivity contribution in [2.75, 3.05) is 0 Å². The van der Waals surface area contributed by atoms with Crippen LogP contribution in [0.3, 0.4) is 0 Å². The largest absolute Gasteiger partial charge is 0.457 e. The van der Waals surface area contributed by atoms with Gasteiger partial charge < -0.3 is 4.42 Å². The molecule has 0 aliphatic rings. The number of halogens is 4. The van der Waals surface area contributed by atoms with Crippen molar-refractivity contribution in [2.45, 2.75) is 6.18 Å². The number of furan rings is 1. The first-order chi connectivity index (χ1) is 13.6. The van der Waals surface area contributed by atoms with Crippen LogP contribution in [0.2, 0.25) is 0 Å². The number of rotatable bonds is 5. The molecule has 0 unspecified atom stereocenters. The van der Waals surface area contributed by atoms with E-state index < -0.39 is 22.4 Å². The zero-order valence-electron chi connectivity index (χ0n) is 14.4. The number of allylic oxidation sites excluding steroid dienone is 1. The van der Waals surface area contributed by atoms with Crippen LogP contribution < -0.4 is 0 Å². The van der Waals surface area contributed by atoms with E-state index >= 15 is 0 Å². The minimum Gasteiger partial charge on any atom is -0.457 e. The van der Waals surface area contributed by atoms with Crippen LogP contribution in [0.4, 0.5) is 18.9 Å². The minimum absolute atomic E-state index is 0.0843. The van der Waals surface area contributed by atoms with Crippen LogP contribution >= 0.6 is 15.9 Å². The number of carbonyl (C=O) groups is 1.